The number of hydrogen-bond acceptors (Lipinski definition) is 0. The summed E-state index contributed by atoms with van der Waals surface area (Å²) >= 11 is 0. The van der Waals surface area contributed by atoms with Gasteiger partial charge in [-0.3, -0.25) is 0 Å². The zero-order chi connectivity index (χ0) is 5.91. The van der Waals surface area contributed by atoms with Crippen LogP contribution in [0, 0.1) is 0 Å². The first-order valence-corrected chi connectivity index (χ1v) is 5.82. The van der Waals surface area contributed by atoms with Crippen molar-refractivity contribution >= 4 is 32.8 Å². The van der Waals surface area contributed by atoms with Gasteiger partial charge in [0.2, 0.25) is 5.84 Å². The molecule has 0 spiro atoms. The zero-order valence-corrected chi connectivity index (χ0v) is 6.97. The van der Waals surface area contributed by atoms with Gasteiger partial charge in [0.15, 0.2) is 8.07 Å². The van der Waals surface area contributed by atoms with Crippen molar-refractivity contribution in [2.45, 2.75) is 19.6 Å². The minimum absolute atomic E-state index is 0. The third-order valence-corrected chi connectivity index (χ3v) is 1.34. The fourth-order valence-corrected chi connectivity index (χ4v) is 0.520. The van der Waals surface area contributed by atoms with E-state index < -0.39 is 8.07 Å². The van der Waals surface area contributed by atoms with Crippen molar-refractivity contribution in [3.8, 4) is 0 Å². The molecule has 2 nitrogen and oxygen atoms in total. The summed E-state index contributed by atoms with van der Waals surface area (Å²) in [6.07, 6.45) is 0. The van der Waals surface area contributed by atoms with Crippen molar-refractivity contribution < 1.29 is 4.79 Å². The molecular weight excluding hydrogens is 111 g/mol. The molecule has 0 atom stereocenters. The molecule has 0 fully saturated rings. The molecule has 0 saturated carbocycles. The molecule has 0 aliphatic heterocycles. The molecule has 1 radical (unpaired) electrons. The molecule has 41 valence electrons. The van der Waals surface area contributed by atoms with Gasteiger partial charge in [0.1, 0.15) is 0 Å². The van der Waals surface area contributed by atoms with E-state index in [1.165, 1.54) is 0 Å². The maximum atomic E-state index is 8.01. The van der Waals surface area contributed by atoms with Gasteiger partial charge >= 0.3 is 0 Å². The van der Waals surface area contributed by atoms with E-state index in [-0.39, 0.29) is 18.9 Å². The summed E-state index contributed by atoms with van der Waals surface area (Å²) in [6, 6.07) is 0. The van der Waals surface area contributed by atoms with E-state index in [1.807, 2.05) is 0 Å². The van der Waals surface area contributed by atoms with Gasteiger partial charge in [-0.15, -0.1) is 0 Å². The van der Waals surface area contributed by atoms with Crippen molar-refractivity contribution in [1.82, 2.24) is 0 Å². The molecule has 0 heterocycles. The van der Waals surface area contributed by atoms with Gasteiger partial charge in [-0.1, -0.05) is 19.6 Å². The van der Waals surface area contributed by atoms with Crippen molar-refractivity contribution in [2.75, 3.05) is 0 Å². The van der Waals surface area contributed by atoms with Crippen LogP contribution >= 0.6 is 0 Å². The first-order valence-electron chi connectivity index (χ1n) is 2.25. The third kappa shape index (κ3) is 9.50. The van der Waals surface area contributed by atoms with Crippen LogP contribution in [0.2, 0.25) is 19.6 Å². The molecule has 0 bridgehead atoms. The number of hydrogen-bond donors (Lipinski definition) is 0. The Morgan fingerprint density at radius 2 is 1.75 bits per heavy atom. The number of rotatable bonds is 1. The first-order chi connectivity index (χ1) is 3.06. The smallest absolute Gasteiger partial charge is 0.226 e. The third-order valence-electron chi connectivity index (χ3n) is 0.445. The van der Waals surface area contributed by atoms with Crippen LogP contribution in [0.5, 0.6) is 0 Å². The topological polar surface area (TPSA) is 36.4 Å². The summed E-state index contributed by atoms with van der Waals surface area (Å²) in [5.74, 6) is 1.63. The minimum atomic E-state index is -1.20. The Balaban J connectivity index is 0. The normalized spacial score (nSPS) is 8.88. The summed E-state index contributed by atoms with van der Waals surface area (Å²) in [6.45, 7) is 6.31. The van der Waals surface area contributed by atoms with Crippen LogP contribution in [0.4, 0.5) is 0 Å². The molecule has 8 heavy (non-hydrogen) atoms. The quantitative estimate of drug-likeness (QED) is 0.213. The SMILES string of the molecule is C[Si](C)(C)C=[N+]=[N-].[Li]. The predicted molar refractivity (Wildman–Crippen MR) is 38.8 cm³/mol. The Hall–Kier alpha value is 0.194. The Labute approximate surface area is 63.1 Å². The maximum Gasteiger partial charge on any atom is 0.226 e. The molecule has 0 aromatic rings. The van der Waals surface area contributed by atoms with E-state index in [9.17, 15) is 0 Å². The Bertz CT molecular complexity index is 101. The number of nitrogens with zero attached hydrogens (tertiary/aromatic N) is 2. The summed E-state index contributed by atoms with van der Waals surface area (Å²) < 4.78 is 0. The molecule has 0 unspecified atom stereocenters. The van der Waals surface area contributed by atoms with Crippen molar-refractivity contribution in [1.29, 1.82) is 0 Å². The molecule has 0 N–H and O–H groups in total. The van der Waals surface area contributed by atoms with Crippen LogP contribution in [-0.4, -0.2) is 37.6 Å². The summed E-state index contributed by atoms with van der Waals surface area (Å²) in [4.78, 5) is 2.94. The fourth-order valence-electron chi connectivity index (χ4n) is 0.173. The summed E-state index contributed by atoms with van der Waals surface area (Å²) in [5, 5.41) is 0. The second kappa shape index (κ2) is 4.11. The van der Waals surface area contributed by atoms with E-state index in [4.69, 9.17) is 5.53 Å². The second-order valence-corrected chi connectivity index (χ2v) is 7.60. The largest absolute Gasteiger partial charge is 0.363 e. The molecule has 0 aromatic heterocycles. The first kappa shape index (κ1) is 11.1. The van der Waals surface area contributed by atoms with Gasteiger partial charge < -0.3 is 5.53 Å². The Morgan fingerprint density at radius 1 is 1.38 bits per heavy atom. The fraction of sp³-hybridized carbons (Fsp3) is 0.750. The van der Waals surface area contributed by atoms with Crippen molar-refractivity contribution in [2.24, 2.45) is 0 Å². The van der Waals surface area contributed by atoms with Crippen LogP contribution in [-0.2, 0) is 0 Å². The van der Waals surface area contributed by atoms with E-state index in [0.29, 0.717) is 0 Å². The average molecular weight is 121 g/mol. The molecule has 0 aliphatic carbocycles. The van der Waals surface area contributed by atoms with Gasteiger partial charge in [0.05, 0.1) is 0 Å². The van der Waals surface area contributed by atoms with Crippen LogP contribution in [0.1, 0.15) is 0 Å². The van der Waals surface area contributed by atoms with Gasteiger partial charge in [-0.05, 0) is 0 Å². The van der Waals surface area contributed by atoms with E-state index in [0.717, 1.165) is 0 Å². The van der Waals surface area contributed by atoms with E-state index >= 15 is 0 Å². The van der Waals surface area contributed by atoms with Crippen LogP contribution in [0.15, 0.2) is 0 Å². The van der Waals surface area contributed by atoms with Gasteiger partial charge in [0.25, 0.3) is 0 Å². The van der Waals surface area contributed by atoms with Gasteiger partial charge in [0, 0.05) is 18.9 Å². The van der Waals surface area contributed by atoms with E-state index in [1.54, 1.807) is 5.84 Å². The van der Waals surface area contributed by atoms with Crippen molar-refractivity contribution in [3.63, 3.8) is 0 Å². The van der Waals surface area contributed by atoms with Crippen LogP contribution in [0.3, 0.4) is 0 Å². The Kier molecular flexibility index (Phi) is 5.68. The molecule has 0 aliphatic rings. The summed E-state index contributed by atoms with van der Waals surface area (Å²) in [5.41, 5.74) is 8.01. The molecule has 0 aromatic carbocycles. The average Bonchev–Trinajstić information content (AvgIpc) is 1.30. The molecular formula is C4H10LiN2Si. The van der Waals surface area contributed by atoms with Crippen LogP contribution < -0.4 is 0 Å². The molecule has 0 saturated heterocycles. The molecule has 0 rings (SSSR count). The maximum absolute atomic E-state index is 8.01. The van der Waals surface area contributed by atoms with Crippen molar-refractivity contribution in [3.05, 3.63) is 5.53 Å². The Morgan fingerprint density at radius 3 is 1.75 bits per heavy atom. The monoisotopic (exact) mass is 121 g/mol. The molecule has 4 heteroatoms. The predicted octanol–water partition coefficient (Wildman–Crippen LogP) is 0.784. The summed E-state index contributed by atoms with van der Waals surface area (Å²) in [7, 11) is -1.20. The molecule has 0 amide bonds. The minimum Gasteiger partial charge on any atom is -0.363 e. The van der Waals surface area contributed by atoms with Gasteiger partial charge in [-0.2, -0.15) is 4.79 Å². The van der Waals surface area contributed by atoms with Gasteiger partial charge in [-0.25, -0.2) is 0 Å². The second-order valence-electron chi connectivity index (χ2n) is 2.61. The zero-order valence-electron chi connectivity index (χ0n) is 5.97. The van der Waals surface area contributed by atoms with Crippen LogP contribution in [0.25, 0.3) is 5.53 Å². The van der Waals surface area contributed by atoms with E-state index in [2.05, 4.69) is 24.4 Å². The standard InChI is InChI=1S/C4H10N2Si.Li/c1-7(2,3)4-6-5;/h4H,1-3H3;.